The third-order valence-corrected chi connectivity index (χ3v) is 5.11. The lowest BCUT2D eigenvalue weighted by Crippen LogP contribution is -2.16. The second-order valence-electron chi connectivity index (χ2n) is 6.22. The molecule has 0 aliphatic heterocycles. The number of hydrogen-bond acceptors (Lipinski definition) is 7. The smallest absolute Gasteiger partial charge is 0.276 e. The summed E-state index contributed by atoms with van der Waals surface area (Å²) in [5, 5.41) is 16.5. The van der Waals surface area contributed by atoms with E-state index in [0.29, 0.717) is 33.0 Å². The first-order valence-corrected chi connectivity index (χ1v) is 9.85. The number of para-hydroxylation sites is 1. The number of aromatic nitrogens is 5. The molecule has 30 heavy (non-hydrogen) atoms. The number of benzene rings is 1. The van der Waals surface area contributed by atoms with Crippen molar-refractivity contribution in [2.75, 3.05) is 5.32 Å². The molecule has 5 rings (SSSR count). The largest absolute Gasteiger partial charge is 0.463 e. The minimum atomic E-state index is -0.354. The number of pyridine rings is 1. The number of furan rings is 1. The molecule has 9 heteroatoms. The van der Waals surface area contributed by atoms with Crippen LogP contribution in [0, 0.1) is 0 Å². The highest BCUT2D eigenvalue weighted by atomic mass is 32.1. The van der Waals surface area contributed by atoms with Crippen molar-refractivity contribution in [2.24, 2.45) is 0 Å². The molecule has 8 nitrogen and oxygen atoms in total. The van der Waals surface area contributed by atoms with Gasteiger partial charge in [0.2, 0.25) is 5.13 Å². The Morgan fingerprint density at radius 2 is 1.83 bits per heavy atom. The van der Waals surface area contributed by atoms with E-state index in [1.54, 1.807) is 35.3 Å². The minimum absolute atomic E-state index is 0.349. The summed E-state index contributed by atoms with van der Waals surface area (Å²) in [5.41, 5.74) is 2.36. The molecule has 0 atom stereocenters. The van der Waals surface area contributed by atoms with E-state index in [0.717, 1.165) is 5.69 Å². The Bertz CT molecular complexity index is 1280. The highest BCUT2D eigenvalue weighted by Crippen LogP contribution is 2.26. The quantitative estimate of drug-likeness (QED) is 0.460. The molecule has 1 amide bonds. The van der Waals surface area contributed by atoms with Crippen LogP contribution in [0.3, 0.4) is 0 Å². The number of carbonyl (C=O) groups is 1. The average Bonchev–Trinajstić information content (AvgIpc) is 3.55. The topological polar surface area (TPSA) is 98.7 Å². The Morgan fingerprint density at radius 1 is 0.967 bits per heavy atom. The zero-order valence-corrected chi connectivity index (χ0v) is 16.3. The summed E-state index contributed by atoms with van der Waals surface area (Å²) < 4.78 is 7.02. The van der Waals surface area contributed by atoms with Crippen LogP contribution in [0.2, 0.25) is 0 Å². The first-order chi connectivity index (χ1) is 14.8. The number of nitrogens with zero attached hydrogens (tertiary/aromatic N) is 5. The van der Waals surface area contributed by atoms with Crippen LogP contribution in [-0.2, 0) is 0 Å². The maximum absolute atomic E-state index is 13.1. The van der Waals surface area contributed by atoms with E-state index in [1.807, 2.05) is 48.5 Å². The van der Waals surface area contributed by atoms with Crippen molar-refractivity contribution in [1.82, 2.24) is 25.0 Å². The maximum Gasteiger partial charge on any atom is 0.276 e. The van der Waals surface area contributed by atoms with Crippen LogP contribution >= 0.6 is 11.3 Å². The van der Waals surface area contributed by atoms with Gasteiger partial charge in [-0.05, 0) is 36.4 Å². The van der Waals surface area contributed by atoms with Gasteiger partial charge in [0.05, 0.1) is 12.0 Å². The van der Waals surface area contributed by atoms with Crippen LogP contribution < -0.4 is 5.32 Å². The third-order valence-electron chi connectivity index (χ3n) is 4.25. The van der Waals surface area contributed by atoms with E-state index in [2.05, 4.69) is 25.6 Å². The van der Waals surface area contributed by atoms with Crippen LogP contribution in [0.5, 0.6) is 0 Å². The molecule has 0 radical (unpaired) electrons. The molecule has 4 aromatic heterocycles. The van der Waals surface area contributed by atoms with Gasteiger partial charge in [0.1, 0.15) is 17.1 Å². The van der Waals surface area contributed by atoms with Gasteiger partial charge in [-0.2, -0.15) is 5.10 Å². The molecular weight excluding hydrogens is 400 g/mol. The van der Waals surface area contributed by atoms with E-state index in [1.165, 1.54) is 11.3 Å². The molecule has 0 unspecified atom stereocenters. The summed E-state index contributed by atoms with van der Waals surface area (Å²) in [5.74, 6) is 0.222. The maximum atomic E-state index is 13.1. The molecule has 146 valence electrons. The molecular formula is C21H14N6O2S. The summed E-state index contributed by atoms with van der Waals surface area (Å²) in [4.78, 5) is 17.3. The van der Waals surface area contributed by atoms with E-state index in [9.17, 15) is 4.79 Å². The van der Waals surface area contributed by atoms with Gasteiger partial charge in [-0.1, -0.05) is 35.6 Å². The van der Waals surface area contributed by atoms with Gasteiger partial charge in [-0.15, -0.1) is 10.2 Å². The zero-order chi connectivity index (χ0) is 20.3. The Balaban J connectivity index is 1.47. The number of hydrogen-bond donors (Lipinski definition) is 1. The number of nitrogens with one attached hydrogen (secondary N) is 1. The molecule has 0 aliphatic carbocycles. The standard InChI is InChI=1S/C21H14N6O2S/c28-19(23-21-25-24-20(30-21)15-9-4-5-11-22-15)17-13-16(18-10-6-12-29-18)26-27(17)14-7-2-1-3-8-14/h1-13H,(H,23,25,28). The monoisotopic (exact) mass is 414 g/mol. The number of rotatable bonds is 5. The molecule has 0 aliphatic rings. The highest BCUT2D eigenvalue weighted by Gasteiger charge is 2.20. The van der Waals surface area contributed by atoms with Gasteiger partial charge >= 0.3 is 0 Å². The minimum Gasteiger partial charge on any atom is -0.463 e. The molecule has 1 N–H and O–H groups in total. The van der Waals surface area contributed by atoms with E-state index in [-0.39, 0.29) is 5.91 Å². The molecule has 0 saturated heterocycles. The van der Waals surface area contributed by atoms with Crippen LogP contribution in [0.1, 0.15) is 10.5 Å². The predicted octanol–water partition coefficient (Wildman–Crippen LogP) is 4.30. The van der Waals surface area contributed by atoms with Crippen molar-refractivity contribution in [3.05, 3.63) is 84.9 Å². The third kappa shape index (κ3) is 3.49. The lowest BCUT2D eigenvalue weighted by atomic mass is 10.2. The number of anilines is 1. The summed E-state index contributed by atoms with van der Waals surface area (Å²) in [6.45, 7) is 0. The summed E-state index contributed by atoms with van der Waals surface area (Å²) in [7, 11) is 0. The second-order valence-corrected chi connectivity index (χ2v) is 7.20. The molecule has 1 aromatic carbocycles. The van der Waals surface area contributed by atoms with Crippen LogP contribution in [0.25, 0.3) is 27.8 Å². The van der Waals surface area contributed by atoms with Crippen molar-refractivity contribution < 1.29 is 9.21 Å². The van der Waals surface area contributed by atoms with Crippen molar-refractivity contribution >= 4 is 22.4 Å². The zero-order valence-electron chi connectivity index (χ0n) is 15.5. The molecule has 0 spiro atoms. The second kappa shape index (κ2) is 7.72. The van der Waals surface area contributed by atoms with Gasteiger partial charge in [0.15, 0.2) is 10.8 Å². The Morgan fingerprint density at radius 3 is 2.60 bits per heavy atom. The fourth-order valence-corrected chi connectivity index (χ4v) is 3.60. The summed E-state index contributed by atoms with van der Waals surface area (Å²) in [6, 6.07) is 20.2. The molecule has 0 fully saturated rings. The van der Waals surface area contributed by atoms with Crippen LogP contribution in [0.4, 0.5) is 5.13 Å². The van der Waals surface area contributed by atoms with E-state index >= 15 is 0 Å². The van der Waals surface area contributed by atoms with Crippen LogP contribution in [0.15, 0.2) is 83.6 Å². The lowest BCUT2D eigenvalue weighted by Gasteiger charge is -2.06. The van der Waals surface area contributed by atoms with Crippen LogP contribution in [-0.4, -0.2) is 30.9 Å². The van der Waals surface area contributed by atoms with Crippen molar-refractivity contribution in [3.63, 3.8) is 0 Å². The van der Waals surface area contributed by atoms with Crippen molar-refractivity contribution in [3.8, 4) is 27.8 Å². The summed E-state index contributed by atoms with van der Waals surface area (Å²) in [6.07, 6.45) is 3.25. The van der Waals surface area contributed by atoms with E-state index < -0.39 is 0 Å². The lowest BCUT2D eigenvalue weighted by molar-refractivity contribution is 0.101. The summed E-state index contributed by atoms with van der Waals surface area (Å²) >= 11 is 1.25. The number of carbonyl (C=O) groups excluding carboxylic acids is 1. The Hall–Kier alpha value is -4.11. The Labute approximate surface area is 174 Å². The first-order valence-electron chi connectivity index (χ1n) is 9.03. The Kier molecular flexibility index (Phi) is 4.62. The van der Waals surface area contributed by atoms with Crippen molar-refractivity contribution in [1.29, 1.82) is 0 Å². The van der Waals surface area contributed by atoms with Gasteiger partial charge in [0.25, 0.3) is 5.91 Å². The van der Waals surface area contributed by atoms with E-state index in [4.69, 9.17) is 4.42 Å². The average molecular weight is 414 g/mol. The molecule has 0 bridgehead atoms. The van der Waals surface area contributed by atoms with Gasteiger partial charge in [0, 0.05) is 12.3 Å². The molecule has 5 aromatic rings. The molecule has 4 heterocycles. The fourth-order valence-electron chi connectivity index (χ4n) is 2.88. The van der Waals surface area contributed by atoms with Gasteiger partial charge in [-0.25, -0.2) is 4.68 Å². The predicted molar refractivity (Wildman–Crippen MR) is 112 cm³/mol. The molecule has 0 saturated carbocycles. The highest BCUT2D eigenvalue weighted by molar-refractivity contribution is 7.18. The number of amides is 1. The van der Waals surface area contributed by atoms with Gasteiger partial charge < -0.3 is 4.42 Å². The first kappa shape index (κ1) is 18.0. The van der Waals surface area contributed by atoms with Crippen molar-refractivity contribution in [2.45, 2.75) is 0 Å². The normalized spacial score (nSPS) is 10.8. The fraction of sp³-hybridized carbons (Fsp3) is 0. The SMILES string of the molecule is O=C(Nc1nnc(-c2ccccn2)s1)c1cc(-c2ccco2)nn1-c1ccccc1. The van der Waals surface area contributed by atoms with Gasteiger partial charge in [-0.3, -0.25) is 15.1 Å².